The zero-order valence-electron chi connectivity index (χ0n) is 5.75. The number of allylic oxidation sites excluding steroid dienone is 1. The summed E-state index contributed by atoms with van der Waals surface area (Å²) in [5.74, 6) is 1.29. The van der Waals surface area contributed by atoms with E-state index in [9.17, 15) is 0 Å². The molecule has 10 heavy (non-hydrogen) atoms. The Morgan fingerprint density at radius 2 is 2.50 bits per heavy atom. The molecule has 0 aromatic heterocycles. The summed E-state index contributed by atoms with van der Waals surface area (Å²) in [5, 5.41) is 7.26. The van der Waals surface area contributed by atoms with E-state index in [1.807, 2.05) is 11.8 Å². The Morgan fingerprint density at radius 1 is 1.50 bits per heavy atom. The van der Waals surface area contributed by atoms with Crippen LogP contribution in [0.3, 0.4) is 0 Å². The summed E-state index contributed by atoms with van der Waals surface area (Å²) in [7, 11) is 0. The number of hydrogen-bond acceptors (Lipinski definition) is 3. The standard InChI is InChI=1S/C7H11NS2/c1-2-6(9-4-1)7-8-3-5-10-7/h1,4,6-8H,2-3,5H2. The van der Waals surface area contributed by atoms with Gasteiger partial charge in [-0.15, -0.1) is 23.5 Å². The summed E-state index contributed by atoms with van der Waals surface area (Å²) in [6.45, 7) is 1.20. The highest BCUT2D eigenvalue weighted by atomic mass is 32.2. The number of nitrogens with one attached hydrogen (secondary N) is 1. The largest absolute Gasteiger partial charge is 0.304 e. The van der Waals surface area contributed by atoms with Gasteiger partial charge in [-0.3, -0.25) is 0 Å². The van der Waals surface area contributed by atoms with Crippen molar-refractivity contribution >= 4 is 23.5 Å². The molecule has 0 aliphatic carbocycles. The second-order valence-corrected chi connectivity index (χ2v) is 4.93. The van der Waals surface area contributed by atoms with Gasteiger partial charge in [-0.2, -0.15) is 0 Å². The molecule has 2 heterocycles. The fourth-order valence-electron chi connectivity index (χ4n) is 1.28. The lowest BCUT2D eigenvalue weighted by Gasteiger charge is -2.15. The van der Waals surface area contributed by atoms with E-state index >= 15 is 0 Å². The van der Waals surface area contributed by atoms with Gasteiger partial charge in [0.25, 0.3) is 0 Å². The molecular weight excluding hydrogens is 162 g/mol. The highest BCUT2D eigenvalue weighted by molar-refractivity contribution is 8.05. The maximum Gasteiger partial charge on any atom is 0.0659 e. The number of thioether (sulfide) groups is 2. The molecule has 2 aliphatic heterocycles. The molecule has 2 aliphatic rings. The van der Waals surface area contributed by atoms with E-state index in [4.69, 9.17) is 0 Å². The van der Waals surface area contributed by atoms with Crippen molar-refractivity contribution in [3.63, 3.8) is 0 Å². The molecule has 0 spiro atoms. The molecule has 1 saturated heterocycles. The minimum absolute atomic E-state index is 0.722. The molecule has 1 nitrogen and oxygen atoms in total. The molecule has 1 fully saturated rings. The van der Waals surface area contributed by atoms with Crippen LogP contribution in [0.25, 0.3) is 0 Å². The predicted octanol–water partition coefficient (Wildman–Crippen LogP) is 1.67. The molecule has 0 radical (unpaired) electrons. The fraction of sp³-hybridized carbons (Fsp3) is 0.714. The molecule has 2 rings (SSSR count). The van der Waals surface area contributed by atoms with Crippen LogP contribution in [0.5, 0.6) is 0 Å². The first kappa shape index (κ1) is 7.07. The van der Waals surface area contributed by atoms with Crippen LogP contribution in [0.4, 0.5) is 0 Å². The summed E-state index contributed by atoms with van der Waals surface area (Å²) in [5.41, 5.74) is 0. The molecule has 0 aromatic rings. The average Bonchev–Trinajstić information content (AvgIpc) is 2.59. The zero-order valence-corrected chi connectivity index (χ0v) is 7.38. The SMILES string of the molecule is C1=CSC(C2NCCS2)C1. The van der Waals surface area contributed by atoms with E-state index in [-0.39, 0.29) is 0 Å². The maximum atomic E-state index is 3.50. The van der Waals surface area contributed by atoms with Gasteiger partial charge in [0.05, 0.1) is 5.37 Å². The van der Waals surface area contributed by atoms with E-state index < -0.39 is 0 Å². The molecule has 56 valence electrons. The van der Waals surface area contributed by atoms with Crippen molar-refractivity contribution in [3.05, 3.63) is 11.5 Å². The Bertz CT molecular complexity index is 133. The molecule has 0 saturated carbocycles. The highest BCUT2D eigenvalue weighted by Gasteiger charge is 2.25. The molecule has 2 atom stereocenters. The van der Waals surface area contributed by atoms with Crippen molar-refractivity contribution in [2.45, 2.75) is 17.0 Å². The zero-order chi connectivity index (χ0) is 6.81. The van der Waals surface area contributed by atoms with Crippen LogP contribution in [0, 0.1) is 0 Å². The van der Waals surface area contributed by atoms with Crippen LogP contribution < -0.4 is 5.32 Å². The van der Waals surface area contributed by atoms with Crippen molar-refractivity contribution < 1.29 is 0 Å². The smallest absolute Gasteiger partial charge is 0.0659 e. The van der Waals surface area contributed by atoms with Crippen LogP contribution in [0.1, 0.15) is 6.42 Å². The van der Waals surface area contributed by atoms with Gasteiger partial charge in [0.15, 0.2) is 0 Å². The third kappa shape index (κ3) is 1.36. The van der Waals surface area contributed by atoms with E-state index in [0.717, 1.165) is 10.6 Å². The van der Waals surface area contributed by atoms with Gasteiger partial charge in [-0.25, -0.2) is 0 Å². The van der Waals surface area contributed by atoms with Gasteiger partial charge < -0.3 is 5.32 Å². The first-order valence-electron chi connectivity index (χ1n) is 3.62. The summed E-state index contributed by atoms with van der Waals surface area (Å²) >= 11 is 4.04. The lowest BCUT2D eigenvalue weighted by Crippen LogP contribution is -2.28. The average molecular weight is 173 g/mol. The van der Waals surface area contributed by atoms with E-state index in [0.29, 0.717) is 0 Å². The van der Waals surface area contributed by atoms with Gasteiger partial charge in [0.1, 0.15) is 0 Å². The molecule has 0 aromatic carbocycles. The van der Waals surface area contributed by atoms with E-state index in [1.165, 1.54) is 18.7 Å². The molecule has 0 bridgehead atoms. The Kier molecular flexibility index (Phi) is 2.26. The first-order chi connectivity index (χ1) is 4.97. The van der Waals surface area contributed by atoms with Gasteiger partial charge in [-0.05, 0) is 11.8 Å². The quantitative estimate of drug-likeness (QED) is 0.648. The molecule has 2 unspecified atom stereocenters. The van der Waals surface area contributed by atoms with Gasteiger partial charge >= 0.3 is 0 Å². The van der Waals surface area contributed by atoms with Crippen molar-refractivity contribution in [2.24, 2.45) is 0 Å². The van der Waals surface area contributed by atoms with Gasteiger partial charge in [-0.1, -0.05) is 6.08 Å². The minimum Gasteiger partial charge on any atom is -0.304 e. The van der Waals surface area contributed by atoms with E-state index in [1.54, 1.807) is 0 Å². The van der Waals surface area contributed by atoms with Crippen LogP contribution in [-0.2, 0) is 0 Å². The Morgan fingerprint density at radius 3 is 3.10 bits per heavy atom. The fourth-order valence-corrected chi connectivity index (χ4v) is 3.65. The number of rotatable bonds is 1. The van der Waals surface area contributed by atoms with Crippen molar-refractivity contribution in [3.8, 4) is 0 Å². The third-order valence-electron chi connectivity index (χ3n) is 1.80. The Labute approximate surface area is 70.0 Å². The predicted molar refractivity (Wildman–Crippen MR) is 49.4 cm³/mol. The highest BCUT2D eigenvalue weighted by Crippen LogP contribution is 2.33. The topological polar surface area (TPSA) is 12.0 Å². The van der Waals surface area contributed by atoms with Crippen LogP contribution >= 0.6 is 23.5 Å². The Balaban J connectivity index is 1.87. The number of hydrogen-bond donors (Lipinski definition) is 1. The normalized spacial score (nSPS) is 39.2. The lowest BCUT2D eigenvalue weighted by atomic mass is 10.3. The maximum absolute atomic E-state index is 3.50. The molecule has 3 heteroatoms. The van der Waals surface area contributed by atoms with Gasteiger partial charge in [0.2, 0.25) is 0 Å². The molecule has 0 amide bonds. The third-order valence-corrected chi connectivity index (χ3v) is 4.43. The van der Waals surface area contributed by atoms with Crippen LogP contribution in [-0.4, -0.2) is 22.9 Å². The monoisotopic (exact) mass is 173 g/mol. The lowest BCUT2D eigenvalue weighted by molar-refractivity contribution is 0.683. The second-order valence-electron chi connectivity index (χ2n) is 2.53. The van der Waals surface area contributed by atoms with Gasteiger partial charge in [0, 0.05) is 17.5 Å². The Hall–Kier alpha value is 0.400. The first-order valence-corrected chi connectivity index (χ1v) is 5.61. The molecular formula is C7H11NS2. The second kappa shape index (κ2) is 3.20. The van der Waals surface area contributed by atoms with Crippen molar-refractivity contribution in [2.75, 3.05) is 12.3 Å². The summed E-state index contributed by atoms with van der Waals surface area (Å²) < 4.78 is 0. The summed E-state index contributed by atoms with van der Waals surface area (Å²) in [6.07, 6.45) is 3.53. The van der Waals surface area contributed by atoms with Crippen molar-refractivity contribution in [1.82, 2.24) is 5.32 Å². The minimum atomic E-state index is 0.722. The molecule has 1 N–H and O–H groups in total. The van der Waals surface area contributed by atoms with Crippen LogP contribution in [0.15, 0.2) is 11.5 Å². The van der Waals surface area contributed by atoms with E-state index in [2.05, 4.69) is 28.6 Å². The summed E-state index contributed by atoms with van der Waals surface area (Å²) in [6, 6.07) is 0. The summed E-state index contributed by atoms with van der Waals surface area (Å²) in [4.78, 5) is 0. The van der Waals surface area contributed by atoms with Crippen LogP contribution in [0.2, 0.25) is 0 Å². The van der Waals surface area contributed by atoms with Crippen molar-refractivity contribution in [1.29, 1.82) is 0 Å².